The second kappa shape index (κ2) is 11.6. The first kappa shape index (κ1) is 27.3. The Morgan fingerprint density at radius 1 is 1.03 bits per heavy atom. The first-order valence-corrected chi connectivity index (χ1v) is 12.2. The fourth-order valence-corrected chi connectivity index (χ4v) is 4.76. The van der Waals surface area contributed by atoms with E-state index in [1.54, 1.807) is 12.1 Å². The van der Waals surface area contributed by atoms with Gasteiger partial charge in [0, 0.05) is 11.4 Å². The summed E-state index contributed by atoms with van der Waals surface area (Å²) >= 11 is 1.32. The minimum Gasteiger partial charge on any atom is -0.485 e. The number of hydrogen-bond donors (Lipinski definition) is 1. The Labute approximate surface area is 212 Å². The molecule has 0 saturated carbocycles. The molecule has 0 saturated heterocycles. The van der Waals surface area contributed by atoms with E-state index in [2.05, 4.69) is 10.1 Å². The number of nitrogens with one attached hydrogen (secondary N) is 1. The van der Waals surface area contributed by atoms with Crippen LogP contribution in [0.3, 0.4) is 0 Å². The van der Waals surface area contributed by atoms with Crippen LogP contribution < -0.4 is 10.1 Å². The second-order valence-electron chi connectivity index (χ2n) is 8.62. The van der Waals surface area contributed by atoms with Crippen molar-refractivity contribution in [2.75, 3.05) is 13.7 Å². The first-order chi connectivity index (χ1) is 17.0. The highest BCUT2D eigenvalue weighted by Crippen LogP contribution is 2.36. The van der Waals surface area contributed by atoms with Crippen molar-refractivity contribution in [2.24, 2.45) is 5.92 Å². The molecular weight excluding hydrogens is 491 g/mol. The van der Waals surface area contributed by atoms with E-state index in [0.717, 1.165) is 28.1 Å². The van der Waals surface area contributed by atoms with Crippen molar-refractivity contribution >= 4 is 23.2 Å². The summed E-state index contributed by atoms with van der Waals surface area (Å²) in [5.74, 6) is 0.0672. The number of alkyl halides is 3. The average molecular weight is 520 g/mol. The largest absolute Gasteiger partial charge is 0.485 e. The maximum atomic E-state index is 12.9. The van der Waals surface area contributed by atoms with Gasteiger partial charge in [0.25, 0.3) is 5.91 Å². The van der Waals surface area contributed by atoms with Gasteiger partial charge >= 0.3 is 12.1 Å². The van der Waals surface area contributed by atoms with E-state index in [-0.39, 0.29) is 30.9 Å². The van der Waals surface area contributed by atoms with E-state index in [4.69, 9.17) is 4.74 Å². The van der Waals surface area contributed by atoms with Crippen LogP contribution in [-0.4, -0.2) is 25.5 Å². The Morgan fingerprint density at radius 2 is 1.72 bits per heavy atom. The Kier molecular flexibility index (Phi) is 8.79. The highest BCUT2D eigenvalue weighted by Gasteiger charge is 2.30. The zero-order valence-electron chi connectivity index (χ0n) is 20.4. The molecule has 0 fully saturated rings. The molecule has 9 heteroatoms. The lowest BCUT2D eigenvalue weighted by Crippen LogP contribution is -2.25. The van der Waals surface area contributed by atoms with Crippen LogP contribution >= 0.6 is 11.3 Å². The molecular formula is C27H28F3NO4S. The SMILES string of the molecule is COC(=O)CCNC(=O)c1ccc([C@H](Oc2ccc(-c3ccc(C(F)(F)F)cc3)c(C)c2)C(C)C)s1. The third kappa shape index (κ3) is 6.87. The highest BCUT2D eigenvalue weighted by molar-refractivity contribution is 7.14. The smallest absolute Gasteiger partial charge is 0.416 e. The van der Waals surface area contributed by atoms with Crippen LogP contribution in [-0.2, 0) is 15.7 Å². The molecule has 1 N–H and O–H groups in total. The van der Waals surface area contributed by atoms with Crippen molar-refractivity contribution in [3.63, 3.8) is 0 Å². The van der Waals surface area contributed by atoms with Gasteiger partial charge in [0.05, 0.1) is 24.0 Å². The van der Waals surface area contributed by atoms with Gasteiger partial charge in [-0.05, 0) is 65.9 Å². The summed E-state index contributed by atoms with van der Waals surface area (Å²) in [5, 5.41) is 2.70. The predicted molar refractivity (Wildman–Crippen MR) is 133 cm³/mol. The Hall–Kier alpha value is -3.33. The Balaban J connectivity index is 1.72. The van der Waals surface area contributed by atoms with Crippen molar-refractivity contribution in [3.05, 3.63) is 75.5 Å². The summed E-state index contributed by atoms with van der Waals surface area (Å²) in [6.45, 7) is 6.10. The number of ether oxygens (including phenoxy) is 2. The van der Waals surface area contributed by atoms with Crippen molar-refractivity contribution in [1.29, 1.82) is 0 Å². The van der Waals surface area contributed by atoms with Gasteiger partial charge in [-0.25, -0.2) is 0 Å². The zero-order valence-corrected chi connectivity index (χ0v) is 21.3. The van der Waals surface area contributed by atoms with E-state index in [9.17, 15) is 22.8 Å². The lowest BCUT2D eigenvalue weighted by atomic mass is 9.99. The lowest BCUT2D eigenvalue weighted by molar-refractivity contribution is -0.140. The van der Waals surface area contributed by atoms with Gasteiger partial charge in [-0.1, -0.05) is 32.0 Å². The molecule has 0 aliphatic rings. The Morgan fingerprint density at radius 3 is 2.31 bits per heavy atom. The second-order valence-corrected chi connectivity index (χ2v) is 9.73. The van der Waals surface area contributed by atoms with Crippen LogP contribution in [0.2, 0.25) is 0 Å². The number of hydrogen-bond acceptors (Lipinski definition) is 5. The van der Waals surface area contributed by atoms with E-state index in [0.29, 0.717) is 16.2 Å². The molecule has 0 spiro atoms. The summed E-state index contributed by atoms with van der Waals surface area (Å²) in [6.07, 6.45) is -4.58. The number of carbonyl (C=O) groups is 2. The number of methoxy groups -OCH3 is 1. The molecule has 36 heavy (non-hydrogen) atoms. The van der Waals surface area contributed by atoms with Crippen molar-refractivity contribution in [1.82, 2.24) is 5.32 Å². The van der Waals surface area contributed by atoms with Gasteiger partial charge in [-0.15, -0.1) is 11.3 Å². The van der Waals surface area contributed by atoms with Gasteiger partial charge in [0.15, 0.2) is 0 Å². The van der Waals surface area contributed by atoms with Crippen LogP contribution in [0.1, 0.15) is 52.0 Å². The van der Waals surface area contributed by atoms with Crippen LogP contribution in [0.15, 0.2) is 54.6 Å². The number of rotatable bonds is 9. The fraction of sp³-hybridized carbons (Fsp3) is 0.333. The molecule has 1 amide bonds. The predicted octanol–water partition coefficient (Wildman–Crippen LogP) is 6.81. The summed E-state index contributed by atoms with van der Waals surface area (Å²) < 4.78 is 49.5. The highest BCUT2D eigenvalue weighted by atomic mass is 32.1. The number of benzene rings is 2. The monoisotopic (exact) mass is 519 g/mol. The summed E-state index contributed by atoms with van der Waals surface area (Å²) in [7, 11) is 1.30. The van der Waals surface area contributed by atoms with Crippen molar-refractivity contribution in [3.8, 4) is 16.9 Å². The summed E-state index contributed by atoms with van der Waals surface area (Å²) in [6, 6.07) is 14.2. The molecule has 1 atom stereocenters. The number of thiophene rings is 1. The number of halogens is 3. The molecule has 1 heterocycles. The lowest BCUT2D eigenvalue weighted by Gasteiger charge is -2.22. The molecule has 1 aromatic heterocycles. The topological polar surface area (TPSA) is 64.6 Å². The van der Waals surface area contributed by atoms with Gasteiger partial charge in [-0.2, -0.15) is 13.2 Å². The van der Waals surface area contributed by atoms with E-state index >= 15 is 0 Å². The molecule has 0 aliphatic carbocycles. The third-order valence-electron chi connectivity index (χ3n) is 5.56. The maximum Gasteiger partial charge on any atom is 0.416 e. The molecule has 2 aromatic carbocycles. The van der Waals surface area contributed by atoms with Crippen LogP contribution in [0.4, 0.5) is 13.2 Å². The van der Waals surface area contributed by atoms with E-state index < -0.39 is 17.7 Å². The number of carbonyl (C=O) groups excluding carboxylic acids is 2. The van der Waals surface area contributed by atoms with E-state index in [1.807, 2.05) is 39.0 Å². The molecule has 3 aromatic rings. The van der Waals surface area contributed by atoms with Crippen LogP contribution in [0.5, 0.6) is 5.75 Å². The third-order valence-corrected chi connectivity index (χ3v) is 6.71. The number of amides is 1. The maximum absolute atomic E-state index is 12.9. The van der Waals surface area contributed by atoms with Crippen molar-refractivity contribution < 1.29 is 32.2 Å². The first-order valence-electron chi connectivity index (χ1n) is 11.4. The quantitative estimate of drug-likeness (QED) is 0.316. The molecule has 192 valence electrons. The number of aryl methyl sites for hydroxylation is 1. The summed E-state index contributed by atoms with van der Waals surface area (Å²) in [4.78, 5) is 25.0. The van der Waals surface area contributed by atoms with E-state index in [1.165, 1.54) is 30.6 Å². The average Bonchev–Trinajstić information content (AvgIpc) is 3.32. The van der Waals surface area contributed by atoms with Crippen molar-refractivity contribution in [2.45, 2.75) is 39.5 Å². The Bertz CT molecular complexity index is 1200. The fourth-order valence-electron chi connectivity index (χ4n) is 3.64. The summed E-state index contributed by atoms with van der Waals surface area (Å²) in [5.41, 5.74) is 1.69. The molecule has 0 bridgehead atoms. The van der Waals surface area contributed by atoms with Gasteiger partial charge in [0.2, 0.25) is 0 Å². The van der Waals surface area contributed by atoms with Gasteiger partial charge in [-0.3, -0.25) is 9.59 Å². The minimum absolute atomic E-state index is 0.0972. The minimum atomic E-state index is -4.37. The van der Waals surface area contributed by atoms with Gasteiger partial charge in [0.1, 0.15) is 11.9 Å². The zero-order chi connectivity index (χ0) is 26.5. The normalized spacial score (nSPS) is 12.3. The molecule has 0 aliphatic heterocycles. The van der Waals surface area contributed by atoms with Crippen LogP contribution in [0, 0.1) is 12.8 Å². The molecule has 5 nitrogen and oxygen atoms in total. The number of esters is 1. The standard InChI is InChI=1S/C27H28F3NO4S/c1-16(2)25(22-11-12-23(36-22)26(33)31-14-13-24(32)34-4)35-20-9-10-21(17(3)15-20)18-5-7-19(8-6-18)27(28,29)30/h5-12,15-16,25H,13-14H2,1-4H3,(H,31,33)/t25-/m1/s1. The molecule has 3 rings (SSSR count). The molecule has 0 radical (unpaired) electrons. The van der Waals surface area contributed by atoms with Crippen LogP contribution in [0.25, 0.3) is 11.1 Å². The molecule has 0 unspecified atom stereocenters. The van der Waals surface area contributed by atoms with Gasteiger partial charge < -0.3 is 14.8 Å².